The maximum atomic E-state index is 12.5. The van der Waals surface area contributed by atoms with Crippen molar-refractivity contribution < 1.29 is 34.0 Å². The van der Waals surface area contributed by atoms with Gasteiger partial charge in [0.15, 0.2) is 17.1 Å². The number of hydrogen-bond donors (Lipinski definition) is 2. The largest absolute Gasteiger partial charge is 0.503 e. The molecule has 7 heteroatoms. The van der Waals surface area contributed by atoms with Gasteiger partial charge >= 0.3 is 5.97 Å². The zero-order valence-electron chi connectivity index (χ0n) is 28.1. The monoisotopic (exact) mass is 608 g/mol. The quantitative estimate of drug-likeness (QED) is 0.0839. The van der Waals surface area contributed by atoms with Crippen LogP contribution in [0.25, 0.3) is 0 Å². The van der Waals surface area contributed by atoms with Gasteiger partial charge in [-0.2, -0.15) is 0 Å². The first-order valence-electron chi connectivity index (χ1n) is 17.7. The Hall–Kier alpha value is -2.31. The first-order valence-corrected chi connectivity index (χ1v) is 17.7. The van der Waals surface area contributed by atoms with Gasteiger partial charge in [0.1, 0.15) is 0 Å². The Balaban J connectivity index is 3.29. The van der Waals surface area contributed by atoms with Crippen LogP contribution in [0, 0.1) is 0 Å². The molecule has 0 amide bonds. The summed E-state index contributed by atoms with van der Waals surface area (Å²) in [6, 6.07) is 0. The van der Waals surface area contributed by atoms with Crippen LogP contribution >= 0.6 is 0 Å². The van der Waals surface area contributed by atoms with Crippen LogP contribution in [0.15, 0.2) is 0 Å². The predicted octanol–water partition coefficient (Wildman–Crippen LogP) is 10.9. The summed E-state index contributed by atoms with van der Waals surface area (Å²) in [5.74, 6) is -1.14. The number of hydrogen-bond acceptors (Lipinski definition) is 6. The summed E-state index contributed by atoms with van der Waals surface area (Å²) in [6.45, 7) is 10.2. The molecule has 7 nitrogen and oxygen atoms in total. The minimum Gasteiger partial charge on any atom is -0.503 e. The lowest BCUT2D eigenvalue weighted by atomic mass is 10.1. The van der Waals surface area contributed by atoms with Crippen molar-refractivity contribution in [2.75, 3.05) is 26.4 Å². The van der Waals surface area contributed by atoms with Crippen LogP contribution in [-0.4, -0.2) is 42.6 Å². The molecule has 1 aromatic rings. The summed E-state index contributed by atoms with van der Waals surface area (Å²) in [5.41, 5.74) is -0.318. The van der Waals surface area contributed by atoms with Crippen LogP contribution < -0.4 is 18.9 Å². The molecule has 0 aliphatic rings. The summed E-state index contributed by atoms with van der Waals surface area (Å²) in [6.07, 6.45) is 22.6. The summed E-state index contributed by atoms with van der Waals surface area (Å²) < 4.78 is 24.8. The van der Waals surface area contributed by atoms with Crippen molar-refractivity contribution in [2.45, 2.75) is 163 Å². The molecule has 0 radical (unpaired) electrons. The second-order valence-electron chi connectivity index (χ2n) is 11.7. The van der Waals surface area contributed by atoms with E-state index < -0.39 is 11.7 Å². The number of aromatic hydroxyl groups is 1. The van der Waals surface area contributed by atoms with Gasteiger partial charge in [-0.25, -0.2) is 4.79 Å². The van der Waals surface area contributed by atoms with Gasteiger partial charge < -0.3 is 29.2 Å². The number of ether oxygens (including phenoxy) is 4. The maximum Gasteiger partial charge on any atom is 0.343 e. The van der Waals surface area contributed by atoms with E-state index in [0.717, 1.165) is 77.0 Å². The second-order valence-corrected chi connectivity index (χ2v) is 11.7. The normalized spacial score (nSPS) is 11.1. The number of aromatic carboxylic acids is 1. The molecule has 1 aromatic carbocycles. The molecule has 0 bridgehead atoms. The molecule has 250 valence electrons. The van der Waals surface area contributed by atoms with Gasteiger partial charge in [0.05, 0.1) is 26.4 Å². The Kier molecular flexibility index (Phi) is 23.5. The van der Waals surface area contributed by atoms with Crippen molar-refractivity contribution in [3.63, 3.8) is 0 Å². The molecule has 0 aromatic heterocycles. The van der Waals surface area contributed by atoms with E-state index in [0.29, 0.717) is 26.4 Å². The van der Waals surface area contributed by atoms with Gasteiger partial charge in [-0.3, -0.25) is 0 Å². The molecule has 0 saturated carbocycles. The average Bonchev–Trinajstić information content (AvgIpc) is 2.99. The van der Waals surface area contributed by atoms with E-state index >= 15 is 0 Å². The summed E-state index contributed by atoms with van der Waals surface area (Å²) in [4.78, 5) is 12.5. The number of carboxylic acid groups (broad SMARTS) is 1. The number of carbonyl (C=O) groups is 1. The second kappa shape index (κ2) is 26.1. The smallest absolute Gasteiger partial charge is 0.343 e. The van der Waals surface area contributed by atoms with Crippen molar-refractivity contribution in [2.24, 2.45) is 0 Å². The molecule has 2 N–H and O–H groups in total. The van der Waals surface area contributed by atoms with E-state index in [1.54, 1.807) is 0 Å². The molecule has 0 unspecified atom stereocenters. The highest BCUT2D eigenvalue weighted by Gasteiger charge is 2.32. The van der Waals surface area contributed by atoms with Crippen LogP contribution in [-0.2, 0) is 0 Å². The highest BCUT2D eigenvalue weighted by Crippen LogP contribution is 2.53. The molecule has 0 aliphatic heterocycles. The lowest BCUT2D eigenvalue weighted by molar-refractivity contribution is 0.0685. The molecule has 0 aliphatic carbocycles. The number of rotatable bonds is 30. The summed E-state index contributed by atoms with van der Waals surface area (Å²) in [7, 11) is 0. The zero-order chi connectivity index (χ0) is 31.5. The Morgan fingerprint density at radius 2 is 0.721 bits per heavy atom. The molecular weight excluding hydrogens is 544 g/mol. The third-order valence-electron chi connectivity index (χ3n) is 7.74. The van der Waals surface area contributed by atoms with E-state index in [1.165, 1.54) is 57.8 Å². The van der Waals surface area contributed by atoms with Crippen LogP contribution in [0.5, 0.6) is 28.7 Å². The average molecular weight is 609 g/mol. The summed E-state index contributed by atoms with van der Waals surface area (Å²) >= 11 is 0. The Morgan fingerprint density at radius 3 is 1.12 bits per heavy atom. The minimum atomic E-state index is -1.28. The van der Waals surface area contributed by atoms with Crippen molar-refractivity contribution in [1.29, 1.82) is 0 Å². The Morgan fingerprint density at radius 1 is 0.442 bits per heavy atom. The molecule has 0 fully saturated rings. The van der Waals surface area contributed by atoms with E-state index in [1.807, 2.05) is 0 Å². The van der Waals surface area contributed by atoms with E-state index in [-0.39, 0.29) is 28.6 Å². The lowest BCUT2D eigenvalue weighted by Crippen LogP contribution is -2.13. The molecule has 0 spiro atoms. The molecular formula is C36H64O7. The minimum absolute atomic E-state index is 0.0448. The third kappa shape index (κ3) is 16.4. The molecule has 0 atom stereocenters. The van der Waals surface area contributed by atoms with Gasteiger partial charge in [-0.05, 0) is 25.7 Å². The number of benzene rings is 1. The van der Waals surface area contributed by atoms with Crippen LogP contribution in [0.1, 0.15) is 173 Å². The van der Waals surface area contributed by atoms with E-state index in [4.69, 9.17) is 18.9 Å². The van der Waals surface area contributed by atoms with Crippen molar-refractivity contribution in [3.05, 3.63) is 5.56 Å². The van der Waals surface area contributed by atoms with Gasteiger partial charge in [0, 0.05) is 0 Å². The van der Waals surface area contributed by atoms with Gasteiger partial charge in [-0.15, -0.1) is 0 Å². The van der Waals surface area contributed by atoms with E-state index in [2.05, 4.69) is 27.7 Å². The summed E-state index contributed by atoms with van der Waals surface area (Å²) in [5, 5.41) is 21.5. The van der Waals surface area contributed by atoms with Crippen molar-refractivity contribution >= 4 is 5.97 Å². The highest BCUT2D eigenvalue weighted by molar-refractivity contribution is 5.97. The van der Waals surface area contributed by atoms with E-state index in [9.17, 15) is 15.0 Å². The van der Waals surface area contributed by atoms with Crippen LogP contribution in [0.3, 0.4) is 0 Å². The maximum absolute atomic E-state index is 12.5. The van der Waals surface area contributed by atoms with Gasteiger partial charge in [-0.1, -0.05) is 137 Å². The fourth-order valence-corrected chi connectivity index (χ4v) is 5.08. The molecule has 1 rings (SSSR count). The first kappa shape index (κ1) is 38.7. The SMILES string of the molecule is CCCCCCCCOc1c(OCCCCC)c(O)c(C(=O)O)c(OCCCCCCCC)c1OCCCCCCCC. The number of unbranched alkanes of at least 4 members (excludes halogenated alkanes) is 17. The standard InChI is InChI=1S/C36H64O7/c1-5-9-13-16-19-23-27-40-32-30(36(38)39)31(37)33(41-26-22-12-8-4)35(43-29-25-21-18-15-11-7-3)34(32)42-28-24-20-17-14-10-6-2/h37H,5-29H2,1-4H3,(H,38,39). The first-order chi connectivity index (χ1) is 21.0. The molecule has 0 saturated heterocycles. The third-order valence-corrected chi connectivity index (χ3v) is 7.74. The topological polar surface area (TPSA) is 94.5 Å². The van der Waals surface area contributed by atoms with Gasteiger partial charge in [0.25, 0.3) is 0 Å². The Labute approximate surface area is 263 Å². The number of phenols is 1. The molecule has 43 heavy (non-hydrogen) atoms. The number of carboxylic acids is 1. The van der Waals surface area contributed by atoms with Crippen molar-refractivity contribution in [1.82, 2.24) is 0 Å². The predicted molar refractivity (Wildman–Crippen MR) is 177 cm³/mol. The Bertz CT molecular complexity index is 840. The zero-order valence-corrected chi connectivity index (χ0v) is 28.1. The fraction of sp³-hybridized carbons (Fsp3) is 0.806. The molecule has 0 heterocycles. The van der Waals surface area contributed by atoms with Crippen LogP contribution in [0.2, 0.25) is 0 Å². The van der Waals surface area contributed by atoms with Crippen molar-refractivity contribution in [3.8, 4) is 28.7 Å². The highest BCUT2D eigenvalue weighted by atomic mass is 16.6. The fourth-order valence-electron chi connectivity index (χ4n) is 5.08. The van der Waals surface area contributed by atoms with Crippen LogP contribution in [0.4, 0.5) is 0 Å². The lowest BCUT2D eigenvalue weighted by Gasteiger charge is -2.23. The van der Waals surface area contributed by atoms with Gasteiger partial charge in [0.2, 0.25) is 17.2 Å².